The lowest BCUT2D eigenvalue weighted by atomic mass is 10.2. The Bertz CT molecular complexity index is 1710. The first-order valence-electron chi connectivity index (χ1n) is 12.3. The van der Waals surface area contributed by atoms with Gasteiger partial charge in [0, 0.05) is 15.1 Å². The smallest absolute Gasteiger partial charge is 0.271 e. The van der Waals surface area contributed by atoms with E-state index in [1.807, 2.05) is 56.3 Å². The van der Waals surface area contributed by atoms with Gasteiger partial charge in [0.05, 0.1) is 26.3 Å². The van der Waals surface area contributed by atoms with Gasteiger partial charge in [0.1, 0.15) is 6.61 Å². The van der Waals surface area contributed by atoms with Gasteiger partial charge in [0.2, 0.25) is 0 Å². The van der Waals surface area contributed by atoms with Crippen LogP contribution in [0.4, 0.5) is 11.4 Å². The number of amides is 1. The molecule has 208 valence electrons. The molecular weight excluding hydrogens is 642 g/mol. The first kappa shape index (κ1) is 29.8. The Kier molecular flexibility index (Phi) is 9.24. The summed E-state index contributed by atoms with van der Waals surface area (Å²) in [4.78, 5) is 20.5. The number of aryl methyl sites for hydroxylation is 2. The van der Waals surface area contributed by atoms with E-state index in [4.69, 9.17) is 67.7 Å². The van der Waals surface area contributed by atoms with Crippen LogP contribution < -0.4 is 9.64 Å². The molecule has 10 heteroatoms. The fourth-order valence-corrected chi connectivity index (χ4v) is 6.17. The minimum absolute atomic E-state index is 0.242. The third-order valence-electron chi connectivity index (χ3n) is 6.19. The summed E-state index contributed by atoms with van der Waals surface area (Å²) in [6.45, 7) is 4.06. The van der Waals surface area contributed by atoms with Gasteiger partial charge < -0.3 is 4.74 Å². The lowest BCUT2D eigenvalue weighted by Gasteiger charge is -2.16. The number of rotatable bonds is 6. The van der Waals surface area contributed by atoms with Crippen LogP contribution in [0, 0.1) is 13.8 Å². The van der Waals surface area contributed by atoms with Gasteiger partial charge in [-0.25, -0.2) is 4.99 Å². The van der Waals surface area contributed by atoms with E-state index in [0.717, 1.165) is 16.7 Å². The second-order valence-corrected chi connectivity index (χ2v) is 12.3. The molecule has 0 radical (unpaired) electrons. The Labute approximate surface area is 267 Å². The average Bonchev–Trinajstić information content (AvgIpc) is 3.21. The largest absolute Gasteiger partial charge is 0.486 e. The Morgan fingerprint density at radius 1 is 0.829 bits per heavy atom. The van der Waals surface area contributed by atoms with E-state index in [1.54, 1.807) is 36.4 Å². The average molecular weight is 663 g/mol. The number of halogens is 5. The highest BCUT2D eigenvalue weighted by atomic mass is 35.5. The minimum Gasteiger partial charge on any atom is -0.486 e. The van der Waals surface area contributed by atoms with Crippen LogP contribution >= 0.6 is 69.8 Å². The fourth-order valence-electron chi connectivity index (χ4n) is 3.99. The zero-order chi connectivity index (χ0) is 29.3. The van der Waals surface area contributed by atoms with Crippen molar-refractivity contribution in [2.75, 3.05) is 4.90 Å². The Balaban J connectivity index is 1.48. The third kappa shape index (κ3) is 6.89. The Hall–Kier alpha value is -2.64. The number of amidine groups is 1. The van der Waals surface area contributed by atoms with Gasteiger partial charge in [-0.05, 0) is 102 Å². The summed E-state index contributed by atoms with van der Waals surface area (Å²) in [5.41, 5.74) is 4.56. The highest BCUT2D eigenvalue weighted by Gasteiger charge is 2.35. The topological polar surface area (TPSA) is 41.9 Å². The highest BCUT2D eigenvalue weighted by molar-refractivity contribution is 8.19. The van der Waals surface area contributed by atoms with Crippen molar-refractivity contribution in [3.8, 4) is 5.75 Å². The summed E-state index contributed by atoms with van der Waals surface area (Å²) in [7, 11) is 0. The van der Waals surface area contributed by atoms with Crippen LogP contribution in [-0.4, -0.2) is 11.1 Å². The van der Waals surface area contributed by atoms with E-state index in [2.05, 4.69) is 0 Å². The molecule has 1 heterocycles. The van der Waals surface area contributed by atoms with E-state index in [0.29, 0.717) is 57.9 Å². The third-order valence-corrected chi connectivity index (χ3v) is 8.77. The molecule has 1 aliphatic heterocycles. The SMILES string of the molecule is Cc1ccc(N=C2S/C(=C/c3cc(Cl)c(OCc4cccc(Cl)c4)c(Cl)c3)C(=O)N2c2ccc(C)c(Cl)c2)cc1Cl. The number of ether oxygens (including phenoxy) is 1. The molecule has 4 aromatic rings. The number of benzene rings is 4. The van der Waals surface area contributed by atoms with E-state index >= 15 is 0 Å². The van der Waals surface area contributed by atoms with Crippen LogP contribution in [0.5, 0.6) is 5.75 Å². The van der Waals surface area contributed by atoms with Gasteiger partial charge in [-0.3, -0.25) is 9.69 Å². The van der Waals surface area contributed by atoms with Crippen molar-refractivity contribution in [1.82, 2.24) is 0 Å². The molecule has 0 atom stereocenters. The minimum atomic E-state index is -0.264. The molecule has 1 amide bonds. The van der Waals surface area contributed by atoms with E-state index in [9.17, 15) is 4.79 Å². The number of aliphatic imine (C=N–C) groups is 1. The molecule has 1 aliphatic rings. The maximum atomic E-state index is 13.7. The normalized spacial score (nSPS) is 15.3. The molecule has 4 aromatic carbocycles. The summed E-state index contributed by atoms with van der Waals surface area (Å²) >= 11 is 33.2. The standard InChI is InChI=1S/C31H21Cl5N2O2S/c1-17-6-8-22(14-24(17)33)37-31-38(23-9-7-18(2)25(34)15-23)30(39)28(41-31)13-20-11-26(35)29(27(36)12-20)40-16-19-4-3-5-21(32)10-19/h3-15H,16H2,1-2H3/b28-13+,37-31?. The van der Waals surface area contributed by atoms with Crippen molar-refractivity contribution < 1.29 is 9.53 Å². The highest BCUT2D eigenvalue weighted by Crippen LogP contribution is 2.41. The van der Waals surface area contributed by atoms with Gasteiger partial charge in [0.25, 0.3) is 5.91 Å². The van der Waals surface area contributed by atoms with Crippen LogP contribution in [0.3, 0.4) is 0 Å². The van der Waals surface area contributed by atoms with Gasteiger partial charge in [-0.1, -0.05) is 82.3 Å². The lowest BCUT2D eigenvalue weighted by molar-refractivity contribution is -0.113. The number of hydrogen-bond donors (Lipinski definition) is 0. The van der Waals surface area contributed by atoms with Crippen molar-refractivity contribution in [2.45, 2.75) is 20.5 Å². The maximum absolute atomic E-state index is 13.7. The first-order valence-corrected chi connectivity index (χ1v) is 15.0. The lowest BCUT2D eigenvalue weighted by Crippen LogP contribution is -2.28. The summed E-state index contributed by atoms with van der Waals surface area (Å²) < 4.78 is 5.89. The molecule has 1 saturated heterocycles. The molecule has 1 fully saturated rings. The number of carbonyl (C=O) groups is 1. The number of thioether (sulfide) groups is 1. The van der Waals surface area contributed by atoms with E-state index < -0.39 is 0 Å². The van der Waals surface area contributed by atoms with Gasteiger partial charge in [0.15, 0.2) is 10.9 Å². The summed E-state index contributed by atoms with van der Waals surface area (Å²) in [6.07, 6.45) is 1.72. The predicted molar refractivity (Wildman–Crippen MR) is 175 cm³/mol. The molecule has 0 saturated carbocycles. The molecule has 5 rings (SSSR count). The molecule has 4 nitrogen and oxygen atoms in total. The summed E-state index contributed by atoms with van der Waals surface area (Å²) in [5, 5.41) is 2.82. The maximum Gasteiger partial charge on any atom is 0.271 e. The number of carbonyl (C=O) groups excluding carboxylic acids is 1. The van der Waals surface area contributed by atoms with Crippen molar-refractivity contribution in [1.29, 1.82) is 0 Å². The van der Waals surface area contributed by atoms with Crippen LogP contribution in [0.25, 0.3) is 6.08 Å². The zero-order valence-corrected chi connectivity index (χ0v) is 26.3. The fraction of sp³-hybridized carbons (Fsp3) is 0.0968. The van der Waals surface area contributed by atoms with Crippen molar-refractivity contribution >= 4 is 98.3 Å². The van der Waals surface area contributed by atoms with Gasteiger partial charge in [-0.2, -0.15) is 0 Å². The van der Waals surface area contributed by atoms with Gasteiger partial charge >= 0.3 is 0 Å². The first-order chi connectivity index (χ1) is 19.6. The molecule has 41 heavy (non-hydrogen) atoms. The zero-order valence-electron chi connectivity index (χ0n) is 21.7. The Morgan fingerprint density at radius 2 is 1.51 bits per heavy atom. The van der Waals surface area contributed by atoms with Crippen molar-refractivity contribution in [2.24, 2.45) is 4.99 Å². The molecular formula is C31H21Cl5N2O2S. The van der Waals surface area contributed by atoms with Gasteiger partial charge in [-0.15, -0.1) is 0 Å². The molecule has 0 aromatic heterocycles. The summed E-state index contributed by atoms with van der Waals surface area (Å²) in [5.74, 6) is 0.0793. The molecule has 0 N–H and O–H groups in total. The quantitative estimate of drug-likeness (QED) is 0.193. The van der Waals surface area contributed by atoms with Crippen LogP contribution in [0.1, 0.15) is 22.3 Å². The van der Waals surface area contributed by atoms with E-state index in [1.165, 1.54) is 16.7 Å². The number of anilines is 1. The summed E-state index contributed by atoms with van der Waals surface area (Å²) in [6, 6.07) is 21.7. The molecule has 0 unspecified atom stereocenters. The Morgan fingerprint density at radius 3 is 2.17 bits per heavy atom. The number of hydrogen-bond acceptors (Lipinski definition) is 4. The van der Waals surface area contributed by atoms with Crippen molar-refractivity contribution in [3.63, 3.8) is 0 Å². The molecule has 0 bridgehead atoms. The molecule has 0 spiro atoms. The number of nitrogens with zero attached hydrogens (tertiary/aromatic N) is 2. The predicted octanol–water partition coefficient (Wildman–Crippen LogP) is 11.0. The second-order valence-electron chi connectivity index (χ2n) is 9.24. The van der Waals surface area contributed by atoms with E-state index in [-0.39, 0.29) is 12.5 Å². The monoisotopic (exact) mass is 660 g/mol. The van der Waals surface area contributed by atoms with Crippen LogP contribution in [0.2, 0.25) is 25.1 Å². The van der Waals surface area contributed by atoms with Crippen molar-refractivity contribution in [3.05, 3.63) is 125 Å². The molecule has 0 aliphatic carbocycles. The second kappa shape index (κ2) is 12.7. The van der Waals surface area contributed by atoms with Crippen LogP contribution in [-0.2, 0) is 11.4 Å². The van der Waals surface area contributed by atoms with Crippen LogP contribution in [0.15, 0.2) is 82.7 Å².